The molecule has 0 spiro atoms. The second-order valence-electron chi connectivity index (χ2n) is 7.59. The fourth-order valence-electron chi connectivity index (χ4n) is 3.83. The van der Waals surface area contributed by atoms with Crippen LogP contribution in [0.4, 0.5) is 0 Å². The standard InChI is InChI=1S/C28H24Br2O2/c1-21(32-27-19-25(29)17-18-26(27)30)20-31-28(22-11-5-2-6-12-22,23-13-7-3-8-14-23)24-15-9-4-10-16-24/h2-19,21H,20H2,1H3/t21-/m0/s1. The lowest BCUT2D eigenvalue weighted by atomic mass is 9.80. The van der Waals surface area contributed by atoms with E-state index in [1.165, 1.54) is 0 Å². The van der Waals surface area contributed by atoms with E-state index in [1.54, 1.807) is 0 Å². The van der Waals surface area contributed by atoms with E-state index < -0.39 is 5.60 Å². The van der Waals surface area contributed by atoms with Gasteiger partial charge >= 0.3 is 0 Å². The van der Waals surface area contributed by atoms with Gasteiger partial charge in [0.2, 0.25) is 0 Å². The molecule has 0 bridgehead atoms. The minimum absolute atomic E-state index is 0.170. The molecular weight excluding hydrogens is 528 g/mol. The average Bonchev–Trinajstić information content (AvgIpc) is 2.84. The molecule has 0 heterocycles. The van der Waals surface area contributed by atoms with Crippen LogP contribution in [0.1, 0.15) is 23.6 Å². The molecule has 4 aromatic rings. The minimum Gasteiger partial charge on any atom is -0.487 e. The van der Waals surface area contributed by atoms with Crippen molar-refractivity contribution in [3.05, 3.63) is 135 Å². The lowest BCUT2D eigenvalue weighted by Crippen LogP contribution is -2.36. The Hall–Kier alpha value is -2.40. The highest BCUT2D eigenvalue weighted by atomic mass is 79.9. The first-order valence-corrected chi connectivity index (χ1v) is 12.1. The van der Waals surface area contributed by atoms with Gasteiger partial charge in [0.05, 0.1) is 11.1 Å². The van der Waals surface area contributed by atoms with Crippen LogP contribution in [0.25, 0.3) is 0 Å². The predicted octanol–water partition coefficient (Wildman–Crippen LogP) is 7.99. The first kappa shape index (κ1) is 22.8. The van der Waals surface area contributed by atoms with Crippen molar-refractivity contribution in [2.45, 2.75) is 18.6 Å². The van der Waals surface area contributed by atoms with Gasteiger partial charge in [0, 0.05) is 4.47 Å². The van der Waals surface area contributed by atoms with Gasteiger partial charge in [-0.2, -0.15) is 0 Å². The van der Waals surface area contributed by atoms with Crippen molar-refractivity contribution in [3.8, 4) is 5.75 Å². The van der Waals surface area contributed by atoms with Crippen molar-refractivity contribution < 1.29 is 9.47 Å². The summed E-state index contributed by atoms with van der Waals surface area (Å²) in [5.74, 6) is 0.778. The number of halogens is 2. The molecule has 32 heavy (non-hydrogen) atoms. The summed E-state index contributed by atoms with van der Waals surface area (Å²) in [6, 6.07) is 37.0. The van der Waals surface area contributed by atoms with E-state index in [-0.39, 0.29) is 6.10 Å². The van der Waals surface area contributed by atoms with Crippen LogP contribution >= 0.6 is 31.9 Å². The molecule has 0 radical (unpaired) electrons. The second-order valence-corrected chi connectivity index (χ2v) is 9.36. The molecule has 0 aliphatic carbocycles. The van der Waals surface area contributed by atoms with Crippen molar-refractivity contribution in [3.63, 3.8) is 0 Å². The molecule has 4 aromatic carbocycles. The highest BCUT2D eigenvalue weighted by Crippen LogP contribution is 2.40. The smallest absolute Gasteiger partial charge is 0.143 e. The SMILES string of the molecule is C[C@@H](COC(c1ccccc1)(c1ccccc1)c1ccccc1)Oc1cc(Br)ccc1Br. The molecule has 0 aliphatic rings. The number of rotatable bonds is 8. The zero-order valence-electron chi connectivity index (χ0n) is 17.7. The van der Waals surface area contributed by atoms with E-state index >= 15 is 0 Å². The summed E-state index contributed by atoms with van der Waals surface area (Å²) in [4.78, 5) is 0. The Labute approximate surface area is 206 Å². The highest BCUT2D eigenvalue weighted by molar-refractivity contribution is 9.11. The zero-order chi connectivity index (χ0) is 22.4. The summed E-state index contributed by atoms with van der Waals surface area (Å²) in [7, 11) is 0. The largest absolute Gasteiger partial charge is 0.487 e. The molecule has 0 aromatic heterocycles. The van der Waals surface area contributed by atoms with Gasteiger partial charge < -0.3 is 9.47 Å². The van der Waals surface area contributed by atoms with Crippen LogP contribution in [0.5, 0.6) is 5.75 Å². The van der Waals surface area contributed by atoms with E-state index in [4.69, 9.17) is 9.47 Å². The number of hydrogen-bond acceptors (Lipinski definition) is 2. The van der Waals surface area contributed by atoms with E-state index in [0.717, 1.165) is 31.4 Å². The summed E-state index contributed by atoms with van der Waals surface area (Å²) in [5.41, 5.74) is 2.48. The Bertz CT molecular complexity index is 1040. The van der Waals surface area contributed by atoms with Gasteiger partial charge in [-0.1, -0.05) is 107 Å². The molecule has 0 unspecified atom stereocenters. The van der Waals surface area contributed by atoms with Crippen LogP contribution in [0.3, 0.4) is 0 Å². The molecule has 162 valence electrons. The van der Waals surface area contributed by atoms with Crippen molar-refractivity contribution in [1.29, 1.82) is 0 Å². The van der Waals surface area contributed by atoms with Crippen LogP contribution in [0.2, 0.25) is 0 Å². The lowest BCUT2D eigenvalue weighted by molar-refractivity contribution is -0.0258. The van der Waals surface area contributed by atoms with Gasteiger partial charge in [-0.05, 0) is 57.7 Å². The highest BCUT2D eigenvalue weighted by Gasteiger charge is 2.38. The monoisotopic (exact) mass is 550 g/mol. The third-order valence-corrected chi connectivity index (χ3v) is 6.45. The van der Waals surface area contributed by atoms with Crippen LogP contribution in [0, 0.1) is 0 Å². The maximum Gasteiger partial charge on any atom is 0.143 e. The van der Waals surface area contributed by atoms with Gasteiger partial charge in [-0.3, -0.25) is 0 Å². The molecule has 4 heteroatoms. The predicted molar refractivity (Wildman–Crippen MR) is 137 cm³/mol. The maximum atomic E-state index is 6.84. The molecule has 0 aliphatic heterocycles. The van der Waals surface area contributed by atoms with Gasteiger partial charge in [-0.25, -0.2) is 0 Å². The van der Waals surface area contributed by atoms with Crippen LogP contribution in [-0.2, 0) is 10.3 Å². The molecule has 0 saturated heterocycles. The third-order valence-electron chi connectivity index (χ3n) is 5.30. The van der Waals surface area contributed by atoms with Gasteiger partial charge in [0.15, 0.2) is 0 Å². The Morgan fingerprint density at radius 2 is 1.16 bits per heavy atom. The second kappa shape index (κ2) is 10.5. The van der Waals surface area contributed by atoms with Crippen LogP contribution in [0.15, 0.2) is 118 Å². The van der Waals surface area contributed by atoms with Crippen LogP contribution in [-0.4, -0.2) is 12.7 Å². The number of hydrogen-bond donors (Lipinski definition) is 0. The van der Waals surface area contributed by atoms with Crippen molar-refractivity contribution in [2.75, 3.05) is 6.61 Å². The zero-order valence-corrected chi connectivity index (χ0v) is 20.9. The average molecular weight is 552 g/mol. The summed E-state index contributed by atoms with van der Waals surface area (Å²) in [5, 5.41) is 0. The summed E-state index contributed by atoms with van der Waals surface area (Å²) in [6.45, 7) is 2.43. The lowest BCUT2D eigenvalue weighted by Gasteiger charge is -2.36. The maximum absolute atomic E-state index is 6.84. The summed E-state index contributed by atoms with van der Waals surface area (Å²) in [6.07, 6.45) is -0.170. The van der Waals surface area contributed by atoms with Gasteiger partial charge in [0.25, 0.3) is 0 Å². The Morgan fingerprint density at radius 1 is 0.688 bits per heavy atom. The van der Waals surface area contributed by atoms with Crippen molar-refractivity contribution >= 4 is 31.9 Å². The number of benzene rings is 4. The van der Waals surface area contributed by atoms with Crippen molar-refractivity contribution in [2.24, 2.45) is 0 Å². The minimum atomic E-state index is -0.754. The molecule has 4 rings (SSSR count). The molecule has 0 fully saturated rings. The fourth-order valence-corrected chi connectivity index (χ4v) is 4.51. The summed E-state index contributed by atoms with van der Waals surface area (Å²) >= 11 is 7.09. The van der Waals surface area contributed by atoms with E-state index in [1.807, 2.05) is 43.3 Å². The molecule has 0 N–H and O–H groups in total. The van der Waals surface area contributed by atoms with E-state index in [0.29, 0.717) is 6.61 Å². The van der Waals surface area contributed by atoms with Crippen molar-refractivity contribution in [1.82, 2.24) is 0 Å². The molecular formula is C28H24Br2O2. The van der Waals surface area contributed by atoms with E-state index in [9.17, 15) is 0 Å². The third kappa shape index (κ3) is 4.98. The molecule has 0 saturated carbocycles. The first-order valence-electron chi connectivity index (χ1n) is 10.5. The summed E-state index contributed by atoms with van der Waals surface area (Å²) < 4.78 is 14.9. The van der Waals surface area contributed by atoms with Crippen LogP contribution < -0.4 is 4.74 Å². The Balaban J connectivity index is 1.72. The molecule has 0 amide bonds. The Morgan fingerprint density at radius 3 is 1.62 bits per heavy atom. The van der Waals surface area contributed by atoms with E-state index in [2.05, 4.69) is 105 Å². The van der Waals surface area contributed by atoms with Gasteiger partial charge in [0.1, 0.15) is 17.5 Å². The molecule has 2 nitrogen and oxygen atoms in total. The topological polar surface area (TPSA) is 18.5 Å². The fraction of sp³-hybridized carbons (Fsp3) is 0.143. The van der Waals surface area contributed by atoms with Gasteiger partial charge in [-0.15, -0.1) is 0 Å². The molecule has 1 atom stereocenters. The quantitative estimate of drug-likeness (QED) is 0.207. The normalized spacial score (nSPS) is 12.3. The number of ether oxygens (including phenoxy) is 2. The Kier molecular flexibility index (Phi) is 7.46. The first-order chi connectivity index (χ1) is 15.6.